The number of hydrogen-bond acceptors (Lipinski definition) is 4. The van der Waals surface area contributed by atoms with Crippen molar-refractivity contribution in [1.82, 2.24) is 9.80 Å². The van der Waals surface area contributed by atoms with E-state index in [0.717, 1.165) is 25.7 Å². The predicted octanol–water partition coefficient (Wildman–Crippen LogP) is 2.40. The van der Waals surface area contributed by atoms with E-state index in [9.17, 15) is 19.5 Å². The molecule has 0 atom stereocenters. The van der Waals surface area contributed by atoms with Crippen LogP contribution in [0.25, 0.3) is 0 Å². The Morgan fingerprint density at radius 3 is 2.23 bits per heavy atom. The van der Waals surface area contributed by atoms with Gasteiger partial charge in [0.2, 0.25) is 5.91 Å². The number of carboxylic acid groups (broad SMARTS) is 1. The van der Waals surface area contributed by atoms with E-state index < -0.39 is 5.97 Å². The zero-order chi connectivity index (χ0) is 18.7. The first kappa shape index (κ1) is 18.5. The third-order valence-corrected chi connectivity index (χ3v) is 5.40. The van der Waals surface area contributed by atoms with Gasteiger partial charge in [0.25, 0.3) is 5.91 Å². The zero-order valence-corrected chi connectivity index (χ0v) is 15.2. The molecule has 1 N–H and O–H groups in total. The topological polar surface area (TPSA) is 91.1 Å². The van der Waals surface area contributed by atoms with Gasteiger partial charge in [-0.3, -0.25) is 9.59 Å². The van der Waals surface area contributed by atoms with Gasteiger partial charge >= 0.3 is 5.97 Å². The van der Waals surface area contributed by atoms with E-state index in [1.165, 1.54) is 12.5 Å². The molecule has 1 aromatic heterocycles. The second-order valence-electron chi connectivity index (χ2n) is 7.06. The van der Waals surface area contributed by atoms with Crippen LogP contribution < -0.4 is 0 Å². The molecule has 7 heteroatoms. The minimum absolute atomic E-state index is 0.0435. The second-order valence-corrected chi connectivity index (χ2v) is 7.06. The maximum absolute atomic E-state index is 12.6. The predicted molar refractivity (Wildman–Crippen MR) is 94.1 cm³/mol. The molecule has 1 saturated heterocycles. The molecule has 2 amide bonds. The van der Waals surface area contributed by atoms with Crippen molar-refractivity contribution < 1.29 is 23.9 Å². The number of aromatic carboxylic acids is 1. The normalized spacial score (nSPS) is 18.8. The number of nitrogens with zero attached hydrogens (tertiary/aromatic N) is 2. The molecule has 0 radical (unpaired) electrons. The lowest BCUT2D eigenvalue weighted by Crippen LogP contribution is -2.52. The number of aryl methyl sites for hydroxylation is 1. The first-order chi connectivity index (χ1) is 12.5. The molecular weight excluding hydrogens is 336 g/mol. The molecule has 0 bridgehead atoms. The highest BCUT2D eigenvalue weighted by Crippen LogP contribution is 2.26. The average Bonchev–Trinajstić information content (AvgIpc) is 3.12. The first-order valence-corrected chi connectivity index (χ1v) is 9.45. The van der Waals surface area contributed by atoms with Crippen LogP contribution in [-0.2, 0) is 11.2 Å². The van der Waals surface area contributed by atoms with Crippen molar-refractivity contribution >= 4 is 17.8 Å². The van der Waals surface area contributed by atoms with E-state index in [4.69, 9.17) is 4.42 Å². The van der Waals surface area contributed by atoms with E-state index in [0.29, 0.717) is 38.4 Å². The van der Waals surface area contributed by atoms with Crippen molar-refractivity contribution in [2.45, 2.75) is 45.4 Å². The number of carbonyl (C=O) groups excluding carboxylic acids is 2. The van der Waals surface area contributed by atoms with E-state index in [1.807, 2.05) is 4.90 Å². The molecule has 1 aliphatic heterocycles. The van der Waals surface area contributed by atoms with Gasteiger partial charge < -0.3 is 19.3 Å². The monoisotopic (exact) mass is 362 g/mol. The van der Waals surface area contributed by atoms with Gasteiger partial charge in [0.1, 0.15) is 11.3 Å². The summed E-state index contributed by atoms with van der Waals surface area (Å²) in [6.45, 7) is 3.72. The summed E-state index contributed by atoms with van der Waals surface area (Å²) in [5.41, 5.74) is 0.0435. The quantitative estimate of drug-likeness (QED) is 0.888. The minimum atomic E-state index is -1.09. The maximum Gasteiger partial charge on any atom is 0.339 e. The van der Waals surface area contributed by atoms with Crippen LogP contribution in [0.2, 0.25) is 0 Å². The summed E-state index contributed by atoms with van der Waals surface area (Å²) in [7, 11) is 0. The lowest BCUT2D eigenvalue weighted by atomic mass is 9.88. The Kier molecular flexibility index (Phi) is 5.64. The highest BCUT2D eigenvalue weighted by Gasteiger charge is 2.31. The highest BCUT2D eigenvalue weighted by atomic mass is 16.4. The van der Waals surface area contributed by atoms with Crippen molar-refractivity contribution in [2.75, 3.05) is 26.2 Å². The molecule has 0 unspecified atom stereocenters. The second kappa shape index (κ2) is 7.93. The lowest BCUT2D eigenvalue weighted by Gasteiger charge is -2.36. The lowest BCUT2D eigenvalue weighted by molar-refractivity contribution is -0.138. The number of rotatable bonds is 4. The van der Waals surface area contributed by atoms with Crippen molar-refractivity contribution in [2.24, 2.45) is 5.92 Å². The summed E-state index contributed by atoms with van der Waals surface area (Å²) in [6.07, 6.45) is 5.83. The van der Waals surface area contributed by atoms with Gasteiger partial charge in [0, 0.05) is 44.6 Å². The Labute approximate surface area is 152 Å². The fourth-order valence-corrected chi connectivity index (χ4v) is 3.87. The molecule has 0 aromatic carbocycles. The number of piperazine rings is 1. The molecule has 2 heterocycles. The summed E-state index contributed by atoms with van der Waals surface area (Å²) in [5, 5.41) is 9.19. The Hall–Kier alpha value is -2.31. The molecule has 1 saturated carbocycles. The van der Waals surface area contributed by atoms with Crippen molar-refractivity contribution in [1.29, 1.82) is 0 Å². The van der Waals surface area contributed by atoms with Gasteiger partial charge in [0.15, 0.2) is 5.76 Å². The van der Waals surface area contributed by atoms with Crippen LogP contribution in [0.1, 0.15) is 65.7 Å². The Morgan fingerprint density at radius 1 is 1.08 bits per heavy atom. The Bertz CT molecular complexity index is 682. The number of hydrogen-bond donors (Lipinski definition) is 1. The standard InChI is InChI=1S/C19H26N2O5/c1-2-15-14(19(24)25)12-16(26-15)18(23)21-10-8-20(9-11-21)17(22)13-6-4-3-5-7-13/h12-13H,2-11H2,1H3,(H,24,25). The third-order valence-electron chi connectivity index (χ3n) is 5.40. The molecule has 3 rings (SSSR count). The summed E-state index contributed by atoms with van der Waals surface area (Å²) in [4.78, 5) is 39.9. The minimum Gasteiger partial charge on any atom is -0.478 e. The smallest absolute Gasteiger partial charge is 0.339 e. The van der Waals surface area contributed by atoms with Gasteiger partial charge in [-0.2, -0.15) is 0 Å². The Balaban J connectivity index is 1.60. The van der Waals surface area contributed by atoms with Gasteiger partial charge in [-0.15, -0.1) is 0 Å². The number of furan rings is 1. The summed E-state index contributed by atoms with van der Waals surface area (Å²) in [6, 6.07) is 1.31. The van der Waals surface area contributed by atoms with Crippen LogP contribution in [0, 0.1) is 5.92 Å². The Morgan fingerprint density at radius 2 is 1.69 bits per heavy atom. The van der Waals surface area contributed by atoms with Crippen LogP contribution in [0.5, 0.6) is 0 Å². The maximum atomic E-state index is 12.6. The number of carbonyl (C=O) groups is 3. The number of carboxylic acids is 1. The van der Waals surface area contributed by atoms with Crippen molar-refractivity contribution in [3.63, 3.8) is 0 Å². The van der Waals surface area contributed by atoms with Crippen LogP contribution in [0.4, 0.5) is 0 Å². The van der Waals surface area contributed by atoms with Crippen LogP contribution in [0.3, 0.4) is 0 Å². The number of amides is 2. The SMILES string of the molecule is CCc1oc(C(=O)N2CCN(C(=O)C3CCCCC3)CC2)cc1C(=O)O. The molecule has 0 spiro atoms. The highest BCUT2D eigenvalue weighted by molar-refractivity contribution is 5.96. The molecule has 7 nitrogen and oxygen atoms in total. The van der Waals surface area contributed by atoms with Gasteiger partial charge in [-0.25, -0.2) is 4.79 Å². The van der Waals surface area contributed by atoms with E-state index in [2.05, 4.69) is 0 Å². The summed E-state index contributed by atoms with van der Waals surface area (Å²) in [5.74, 6) is -0.666. The fourth-order valence-electron chi connectivity index (χ4n) is 3.87. The van der Waals surface area contributed by atoms with Crippen molar-refractivity contribution in [3.05, 3.63) is 23.2 Å². The fraction of sp³-hybridized carbons (Fsp3) is 0.632. The van der Waals surface area contributed by atoms with Gasteiger partial charge in [-0.05, 0) is 12.8 Å². The molecule has 1 aliphatic carbocycles. The van der Waals surface area contributed by atoms with Crippen LogP contribution >= 0.6 is 0 Å². The van der Waals surface area contributed by atoms with E-state index >= 15 is 0 Å². The summed E-state index contributed by atoms with van der Waals surface area (Å²) < 4.78 is 5.46. The molecule has 2 fully saturated rings. The molecule has 1 aromatic rings. The van der Waals surface area contributed by atoms with Crippen molar-refractivity contribution in [3.8, 4) is 0 Å². The molecule has 2 aliphatic rings. The molecule has 142 valence electrons. The summed E-state index contributed by atoms with van der Waals surface area (Å²) >= 11 is 0. The molecule has 26 heavy (non-hydrogen) atoms. The average molecular weight is 362 g/mol. The van der Waals surface area contributed by atoms with E-state index in [-0.39, 0.29) is 29.1 Å². The largest absolute Gasteiger partial charge is 0.478 e. The molecular formula is C19H26N2O5. The van der Waals surface area contributed by atoms with Gasteiger partial charge in [-0.1, -0.05) is 26.2 Å². The van der Waals surface area contributed by atoms with Crippen LogP contribution in [0.15, 0.2) is 10.5 Å². The van der Waals surface area contributed by atoms with E-state index in [1.54, 1.807) is 11.8 Å². The zero-order valence-electron chi connectivity index (χ0n) is 15.2. The third kappa shape index (κ3) is 3.76. The first-order valence-electron chi connectivity index (χ1n) is 9.45. The van der Waals surface area contributed by atoms with Crippen LogP contribution in [-0.4, -0.2) is 58.9 Å². The van der Waals surface area contributed by atoms with Gasteiger partial charge in [0.05, 0.1) is 0 Å².